The van der Waals surface area contributed by atoms with Gasteiger partial charge in [0.2, 0.25) is 0 Å². The highest BCUT2D eigenvalue weighted by Gasteiger charge is 2.81. The minimum atomic E-state index is -1.58. The Bertz CT molecular complexity index is 1730. The fourth-order valence-corrected chi connectivity index (χ4v) is 8.11. The normalized spacial score (nSPS) is 31.4. The van der Waals surface area contributed by atoms with Crippen LogP contribution in [0.5, 0.6) is 17.2 Å². The molecule has 6 aliphatic rings. The van der Waals surface area contributed by atoms with Gasteiger partial charge in [-0.1, -0.05) is 29.9 Å². The summed E-state index contributed by atoms with van der Waals surface area (Å²) in [7, 11) is 0. The van der Waals surface area contributed by atoms with Gasteiger partial charge in [0.1, 0.15) is 34.2 Å². The molecule has 5 atom stereocenters. The summed E-state index contributed by atoms with van der Waals surface area (Å²) in [5.41, 5.74) is -3.39. The third-order valence-electron chi connectivity index (χ3n) is 10.2. The Kier molecular flexibility index (Phi) is 7.57. The van der Waals surface area contributed by atoms with Gasteiger partial charge in [0.25, 0.3) is 6.47 Å². The van der Waals surface area contributed by atoms with Crippen LogP contribution in [-0.4, -0.2) is 56.3 Å². The van der Waals surface area contributed by atoms with Crippen LogP contribution in [0.4, 0.5) is 0 Å². The van der Waals surface area contributed by atoms with Gasteiger partial charge in [-0.15, -0.1) is 0 Å². The number of phenols is 1. The zero-order chi connectivity index (χ0) is 34.3. The number of aliphatic hydroxyl groups is 1. The summed E-state index contributed by atoms with van der Waals surface area (Å²) in [5.74, 6) is -0.907. The number of hydrogen-bond donors (Lipinski definition) is 2. The van der Waals surface area contributed by atoms with E-state index >= 15 is 0 Å². The van der Waals surface area contributed by atoms with Crippen molar-refractivity contribution in [2.24, 2.45) is 11.8 Å². The summed E-state index contributed by atoms with van der Waals surface area (Å²) in [5, 5.41) is 22.0. The van der Waals surface area contributed by atoms with Gasteiger partial charge in [-0.2, -0.15) is 0 Å². The molecule has 3 aliphatic heterocycles. The number of hydrogen-bond acceptors (Lipinski definition) is 9. The number of fused-ring (bicyclic) bond motifs is 2. The van der Waals surface area contributed by atoms with Crippen molar-refractivity contribution in [1.29, 1.82) is 0 Å². The zero-order valence-corrected chi connectivity index (χ0v) is 28.4. The number of phenolic OH excluding ortho intramolecular Hbond substituents is 1. The number of rotatable bonds is 9. The second-order valence-electron chi connectivity index (χ2n) is 15.0. The standard InChI is InChI=1S/C38H44O9/c1-21(2)10-11-25-31-24(13-16-36(8,45-31)15-9-14-34(4,5)43)29(40)28-30(41)26-18-23-19-27-35(6,7)47-37(33(23)42,17-12-22(3)44-20-39)38(26,27)46-32(25)28/h9-10,12-14,16,18,20,23,27,40,43H,11,15,17,19H2,1-8H3/b14-9+,22-12-/t23-,27?,36-,37?,38-/m1/s1. The van der Waals surface area contributed by atoms with Gasteiger partial charge in [-0.05, 0) is 86.5 Å². The molecule has 250 valence electrons. The fraction of sp³-hybridized carbons (Fsp3) is 0.500. The Morgan fingerprint density at radius 2 is 1.81 bits per heavy atom. The minimum Gasteiger partial charge on any atom is -0.506 e. The summed E-state index contributed by atoms with van der Waals surface area (Å²) in [6.45, 7) is 15.0. The Hall–Kier alpha value is -3.95. The molecule has 0 amide bonds. The fourth-order valence-electron chi connectivity index (χ4n) is 8.11. The molecule has 3 aliphatic carbocycles. The molecule has 4 bridgehead atoms. The van der Waals surface area contributed by atoms with Crippen LogP contribution in [0.25, 0.3) is 6.08 Å². The molecule has 1 saturated carbocycles. The van der Waals surface area contributed by atoms with E-state index in [2.05, 4.69) is 0 Å². The van der Waals surface area contributed by atoms with E-state index in [4.69, 9.17) is 18.9 Å². The summed E-state index contributed by atoms with van der Waals surface area (Å²) < 4.78 is 25.6. The quantitative estimate of drug-likeness (QED) is 0.182. The second kappa shape index (κ2) is 10.8. The number of ketones is 2. The van der Waals surface area contributed by atoms with Crippen LogP contribution in [0, 0.1) is 11.8 Å². The highest BCUT2D eigenvalue weighted by atomic mass is 16.6. The summed E-state index contributed by atoms with van der Waals surface area (Å²) in [4.78, 5) is 40.1. The SMILES string of the molecule is CC(C)=CCc1c2c(c(O)c3c1O[C@]14C(=C[C@@H]5CC1C(C)(C)OC4(C/C=C(/C)OC=O)C5=O)C3=O)C=C[C@@](C)(C/C=C/C(C)(C)O)O2. The third-order valence-corrected chi connectivity index (χ3v) is 10.2. The first-order chi connectivity index (χ1) is 21.9. The Labute approximate surface area is 275 Å². The van der Waals surface area contributed by atoms with Crippen LogP contribution in [0.2, 0.25) is 0 Å². The lowest BCUT2D eigenvalue weighted by Gasteiger charge is -2.56. The number of benzene rings is 1. The summed E-state index contributed by atoms with van der Waals surface area (Å²) in [6, 6.07) is 0. The molecule has 3 heterocycles. The minimum absolute atomic E-state index is 0.0208. The monoisotopic (exact) mass is 644 g/mol. The first-order valence-electron chi connectivity index (χ1n) is 16.2. The molecule has 9 heteroatoms. The number of allylic oxidation sites excluding steroid dienone is 4. The first-order valence-corrected chi connectivity index (χ1v) is 16.2. The van der Waals surface area contributed by atoms with Crippen molar-refractivity contribution in [2.45, 2.75) is 109 Å². The predicted molar refractivity (Wildman–Crippen MR) is 175 cm³/mol. The van der Waals surface area contributed by atoms with E-state index in [0.29, 0.717) is 53.9 Å². The van der Waals surface area contributed by atoms with Gasteiger partial charge in [-0.3, -0.25) is 14.4 Å². The Morgan fingerprint density at radius 1 is 1.09 bits per heavy atom. The van der Waals surface area contributed by atoms with Crippen molar-refractivity contribution in [3.05, 3.63) is 70.1 Å². The van der Waals surface area contributed by atoms with E-state index in [1.54, 1.807) is 45.1 Å². The molecule has 2 N–H and O–H groups in total. The number of Topliss-reactive ketones (excluding diaryl/α,β-unsaturated/α-hetero) is 2. The predicted octanol–water partition coefficient (Wildman–Crippen LogP) is 6.26. The van der Waals surface area contributed by atoms with E-state index in [9.17, 15) is 24.6 Å². The van der Waals surface area contributed by atoms with Gasteiger partial charge in [0, 0.05) is 35.8 Å². The molecule has 0 radical (unpaired) electrons. The number of carbonyl (C=O) groups is 3. The molecular formula is C38H44O9. The number of carbonyl (C=O) groups excluding carboxylic acids is 3. The smallest absolute Gasteiger partial charge is 0.298 e. The topological polar surface area (TPSA) is 129 Å². The molecular weight excluding hydrogens is 600 g/mol. The average Bonchev–Trinajstić information content (AvgIpc) is 3.12. The lowest BCUT2D eigenvalue weighted by atomic mass is 9.51. The van der Waals surface area contributed by atoms with Gasteiger partial charge in [0.05, 0.1) is 16.8 Å². The van der Waals surface area contributed by atoms with E-state index in [1.807, 2.05) is 52.8 Å². The van der Waals surface area contributed by atoms with Gasteiger partial charge >= 0.3 is 0 Å². The van der Waals surface area contributed by atoms with Gasteiger partial charge < -0.3 is 29.2 Å². The Balaban J connectivity index is 1.57. The molecule has 1 saturated heterocycles. The maximum absolute atomic E-state index is 14.7. The van der Waals surface area contributed by atoms with Crippen LogP contribution in [-0.2, 0) is 25.5 Å². The van der Waals surface area contributed by atoms with Crippen molar-refractivity contribution >= 4 is 24.1 Å². The van der Waals surface area contributed by atoms with Crippen molar-refractivity contribution in [1.82, 2.24) is 0 Å². The molecule has 1 spiro atoms. The first kappa shape index (κ1) is 33.0. The molecule has 1 aromatic carbocycles. The zero-order valence-electron chi connectivity index (χ0n) is 28.4. The maximum Gasteiger partial charge on any atom is 0.298 e. The summed E-state index contributed by atoms with van der Waals surface area (Å²) in [6.07, 6.45) is 13.8. The second-order valence-corrected chi connectivity index (χ2v) is 15.0. The van der Waals surface area contributed by atoms with E-state index in [-0.39, 0.29) is 35.2 Å². The van der Waals surface area contributed by atoms with E-state index < -0.39 is 39.7 Å². The van der Waals surface area contributed by atoms with Crippen LogP contribution >= 0.6 is 0 Å². The van der Waals surface area contributed by atoms with Crippen molar-refractivity contribution in [2.75, 3.05) is 0 Å². The van der Waals surface area contributed by atoms with Gasteiger partial charge in [-0.25, -0.2) is 0 Å². The highest BCUT2D eigenvalue weighted by molar-refractivity contribution is 6.19. The molecule has 2 unspecified atom stereocenters. The van der Waals surface area contributed by atoms with Crippen molar-refractivity contribution in [3.8, 4) is 17.2 Å². The van der Waals surface area contributed by atoms with Crippen LogP contribution < -0.4 is 9.47 Å². The number of ether oxygens (including phenoxy) is 4. The molecule has 2 fully saturated rings. The molecule has 1 aromatic rings. The van der Waals surface area contributed by atoms with Crippen LogP contribution in [0.15, 0.2) is 53.4 Å². The molecule has 9 nitrogen and oxygen atoms in total. The van der Waals surface area contributed by atoms with E-state index in [1.165, 1.54) is 0 Å². The van der Waals surface area contributed by atoms with E-state index in [0.717, 1.165) is 5.57 Å². The van der Waals surface area contributed by atoms with Crippen molar-refractivity contribution < 1.29 is 43.5 Å². The third kappa shape index (κ3) is 4.92. The molecule has 47 heavy (non-hydrogen) atoms. The number of aromatic hydroxyl groups is 1. The highest BCUT2D eigenvalue weighted by Crippen LogP contribution is 2.68. The lowest BCUT2D eigenvalue weighted by Crippen LogP contribution is -2.72. The summed E-state index contributed by atoms with van der Waals surface area (Å²) >= 11 is 0. The van der Waals surface area contributed by atoms with Crippen molar-refractivity contribution in [3.63, 3.8) is 0 Å². The maximum atomic E-state index is 14.7. The Morgan fingerprint density at radius 3 is 2.47 bits per heavy atom. The lowest BCUT2D eigenvalue weighted by molar-refractivity contribution is -0.171. The van der Waals surface area contributed by atoms with Gasteiger partial charge in [0.15, 0.2) is 22.8 Å². The largest absolute Gasteiger partial charge is 0.506 e. The van der Waals surface area contributed by atoms with Crippen LogP contribution in [0.1, 0.15) is 96.1 Å². The molecule has 0 aromatic heterocycles. The van der Waals surface area contributed by atoms with Crippen LogP contribution in [0.3, 0.4) is 0 Å². The molecule has 7 rings (SSSR count). The average molecular weight is 645 g/mol.